The van der Waals surface area contributed by atoms with Gasteiger partial charge in [-0.05, 0) is 28.8 Å². The molecule has 0 fully saturated rings. The largest absolute Gasteiger partial charge is 0.356 e. The topological polar surface area (TPSA) is 64.1 Å². The Balaban J connectivity index is 1.71. The molecule has 0 unspecified atom stereocenters. The molecule has 0 saturated carbocycles. The van der Waals surface area contributed by atoms with Gasteiger partial charge in [0, 0.05) is 10.5 Å². The SMILES string of the molecule is CCc1c(Sc2cccc3ccccc23)n(COCc2ccccc2)c(=O)[nH]c1=O. The fourth-order valence-corrected chi connectivity index (χ4v) is 4.61. The summed E-state index contributed by atoms with van der Waals surface area (Å²) in [4.78, 5) is 28.5. The first-order chi connectivity index (χ1) is 14.7. The number of hydrogen-bond acceptors (Lipinski definition) is 4. The van der Waals surface area contributed by atoms with Crippen LogP contribution in [0.1, 0.15) is 18.1 Å². The van der Waals surface area contributed by atoms with E-state index in [0.29, 0.717) is 23.6 Å². The van der Waals surface area contributed by atoms with Crippen molar-refractivity contribution < 1.29 is 4.74 Å². The second-order valence-corrected chi connectivity index (χ2v) is 7.90. The zero-order valence-corrected chi connectivity index (χ0v) is 17.4. The molecule has 3 aromatic carbocycles. The Kier molecular flexibility index (Phi) is 6.16. The van der Waals surface area contributed by atoms with Crippen LogP contribution in [0.2, 0.25) is 0 Å². The van der Waals surface area contributed by atoms with Crippen LogP contribution in [-0.4, -0.2) is 9.55 Å². The predicted octanol–water partition coefficient (Wildman–Crippen LogP) is 4.58. The Labute approximate surface area is 178 Å². The molecule has 1 N–H and O–H groups in total. The summed E-state index contributed by atoms with van der Waals surface area (Å²) in [5.41, 5.74) is 0.794. The van der Waals surface area contributed by atoms with E-state index in [4.69, 9.17) is 4.74 Å². The number of aromatic amines is 1. The van der Waals surface area contributed by atoms with Gasteiger partial charge in [-0.3, -0.25) is 14.3 Å². The average Bonchev–Trinajstić information content (AvgIpc) is 2.77. The summed E-state index contributed by atoms with van der Waals surface area (Å²) < 4.78 is 7.33. The number of fused-ring (bicyclic) bond motifs is 1. The summed E-state index contributed by atoms with van der Waals surface area (Å²) in [7, 11) is 0. The monoisotopic (exact) mass is 418 g/mol. The minimum absolute atomic E-state index is 0.0601. The van der Waals surface area contributed by atoms with E-state index in [9.17, 15) is 9.59 Å². The molecular formula is C24H22N2O3S. The quantitative estimate of drug-likeness (QED) is 0.446. The molecule has 0 atom stereocenters. The fraction of sp³-hybridized carbons (Fsp3) is 0.167. The van der Waals surface area contributed by atoms with Crippen molar-refractivity contribution in [2.24, 2.45) is 0 Å². The molecule has 1 heterocycles. The number of ether oxygens (including phenoxy) is 1. The van der Waals surface area contributed by atoms with Crippen molar-refractivity contribution in [3.63, 3.8) is 0 Å². The number of nitrogens with one attached hydrogen (secondary N) is 1. The van der Waals surface area contributed by atoms with Crippen molar-refractivity contribution in [1.82, 2.24) is 9.55 Å². The van der Waals surface area contributed by atoms with Crippen LogP contribution >= 0.6 is 11.8 Å². The van der Waals surface area contributed by atoms with Crippen LogP contribution in [0, 0.1) is 0 Å². The van der Waals surface area contributed by atoms with Gasteiger partial charge >= 0.3 is 5.69 Å². The standard InChI is InChI=1S/C24H22N2O3S/c1-2-19-22(27)25-24(28)26(16-29-15-17-9-4-3-5-10-17)23(19)30-21-14-8-12-18-11-6-7-13-20(18)21/h3-14H,2,15-16H2,1H3,(H,25,27,28). The summed E-state index contributed by atoms with van der Waals surface area (Å²) >= 11 is 1.43. The molecule has 5 nitrogen and oxygen atoms in total. The highest BCUT2D eigenvalue weighted by atomic mass is 32.2. The van der Waals surface area contributed by atoms with E-state index in [1.807, 2.05) is 79.7 Å². The van der Waals surface area contributed by atoms with Crippen molar-refractivity contribution in [3.8, 4) is 0 Å². The van der Waals surface area contributed by atoms with Gasteiger partial charge < -0.3 is 4.74 Å². The number of H-pyrrole nitrogens is 1. The zero-order valence-electron chi connectivity index (χ0n) is 16.6. The third kappa shape index (κ3) is 4.25. The summed E-state index contributed by atoms with van der Waals surface area (Å²) in [6, 6.07) is 23.9. The summed E-state index contributed by atoms with van der Waals surface area (Å²) in [5, 5.41) is 2.81. The van der Waals surface area contributed by atoms with Crippen LogP contribution < -0.4 is 11.2 Å². The highest BCUT2D eigenvalue weighted by Gasteiger charge is 2.16. The second kappa shape index (κ2) is 9.15. The molecule has 0 spiro atoms. The molecular weight excluding hydrogens is 396 g/mol. The van der Waals surface area contributed by atoms with Crippen LogP contribution in [0.15, 0.2) is 92.3 Å². The Hall–Kier alpha value is -3.09. The van der Waals surface area contributed by atoms with Gasteiger partial charge in [0.1, 0.15) is 6.73 Å². The van der Waals surface area contributed by atoms with Crippen LogP contribution in [0.25, 0.3) is 10.8 Å². The van der Waals surface area contributed by atoms with Crippen molar-refractivity contribution in [1.29, 1.82) is 0 Å². The van der Waals surface area contributed by atoms with Gasteiger partial charge in [-0.1, -0.05) is 85.4 Å². The lowest BCUT2D eigenvalue weighted by molar-refractivity contribution is 0.0550. The molecule has 0 amide bonds. The summed E-state index contributed by atoms with van der Waals surface area (Å²) in [6.07, 6.45) is 0.515. The molecule has 4 aromatic rings. The number of hydrogen-bond donors (Lipinski definition) is 1. The molecule has 30 heavy (non-hydrogen) atoms. The van der Waals surface area contributed by atoms with Gasteiger partial charge in [0.25, 0.3) is 5.56 Å². The van der Waals surface area contributed by atoms with E-state index in [0.717, 1.165) is 21.2 Å². The third-order valence-corrected chi connectivity index (χ3v) is 6.12. The molecule has 4 rings (SSSR count). The molecule has 0 saturated heterocycles. The maximum absolute atomic E-state index is 12.6. The van der Waals surface area contributed by atoms with Crippen LogP contribution in [-0.2, 0) is 24.5 Å². The van der Waals surface area contributed by atoms with E-state index in [1.165, 1.54) is 16.3 Å². The first kappa shape index (κ1) is 20.2. The molecule has 0 aliphatic heterocycles. The maximum atomic E-state index is 12.6. The summed E-state index contributed by atoms with van der Waals surface area (Å²) in [6.45, 7) is 2.36. The molecule has 0 aliphatic rings. The van der Waals surface area contributed by atoms with Crippen LogP contribution in [0.4, 0.5) is 0 Å². The fourth-order valence-electron chi connectivity index (χ4n) is 3.36. The normalized spacial score (nSPS) is 11.1. The Morgan fingerprint density at radius 1 is 0.933 bits per heavy atom. The van der Waals surface area contributed by atoms with Crippen molar-refractivity contribution in [2.45, 2.75) is 36.6 Å². The van der Waals surface area contributed by atoms with E-state index in [1.54, 1.807) is 0 Å². The summed E-state index contributed by atoms with van der Waals surface area (Å²) in [5.74, 6) is 0. The van der Waals surface area contributed by atoms with Crippen LogP contribution in [0.3, 0.4) is 0 Å². The van der Waals surface area contributed by atoms with Gasteiger partial charge in [-0.25, -0.2) is 4.79 Å². The first-order valence-corrected chi connectivity index (χ1v) is 10.6. The zero-order chi connectivity index (χ0) is 20.9. The average molecular weight is 419 g/mol. The smallest absolute Gasteiger partial charge is 0.331 e. The van der Waals surface area contributed by atoms with Gasteiger partial charge in [0.2, 0.25) is 0 Å². The molecule has 0 aliphatic carbocycles. The molecule has 0 radical (unpaired) electrons. The Morgan fingerprint density at radius 2 is 1.67 bits per heavy atom. The lowest BCUT2D eigenvalue weighted by Crippen LogP contribution is -2.34. The lowest BCUT2D eigenvalue weighted by Gasteiger charge is -2.16. The number of nitrogens with zero attached hydrogens (tertiary/aromatic N) is 1. The van der Waals surface area contributed by atoms with Crippen molar-refractivity contribution in [2.75, 3.05) is 0 Å². The lowest BCUT2D eigenvalue weighted by atomic mass is 10.1. The van der Waals surface area contributed by atoms with Gasteiger partial charge in [0.05, 0.1) is 11.6 Å². The van der Waals surface area contributed by atoms with Crippen molar-refractivity contribution in [3.05, 3.63) is 105 Å². The molecule has 0 bridgehead atoms. The minimum Gasteiger partial charge on any atom is -0.356 e. The number of benzene rings is 3. The molecule has 1 aromatic heterocycles. The number of aromatic nitrogens is 2. The first-order valence-electron chi connectivity index (χ1n) is 9.80. The third-order valence-electron chi connectivity index (χ3n) is 4.88. The van der Waals surface area contributed by atoms with E-state index < -0.39 is 5.69 Å². The van der Waals surface area contributed by atoms with Gasteiger partial charge in [0.15, 0.2) is 0 Å². The van der Waals surface area contributed by atoms with Gasteiger partial charge in [-0.2, -0.15) is 0 Å². The Morgan fingerprint density at radius 3 is 2.47 bits per heavy atom. The highest BCUT2D eigenvalue weighted by Crippen LogP contribution is 2.34. The number of rotatable bonds is 7. The van der Waals surface area contributed by atoms with E-state index in [2.05, 4.69) is 4.98 Å². The second-order valence-electron chi connectivity index (χ2n) is 6.87. The molecule has 6 heteroatoms. The molecule has 152 valence electrons. The predicted molar refractivity (Wildman–Crippen MR) is 120 cm³/mol. The van der Waals surface area contributed by atoms with Crippen molar-refractivity contribution >= 4 is 22.5 Å². The van der Waals surface area contributed by atoms with Crippen LogP contribution in [0.5, 0.6) is 0 Å². The van der Waals surface area contributed by atoms with Gasteiger partial charge in [-0.15, -0.1) is 0 Å². The maximum Gasteiger partial charge on any atom is 0.331 e. The van der Waals surface area contributed by atoms with E-state index in [-0.39, 0.29) is 12.3 Å². The van der Waals surface area contributed by atoms with E-state index >= 15 is 0 Å². The minimum atomic E-state index is -0.465. The Bertz CT molecular complexity index is 1270. The highest BCUT2D eigenvalue weighted by molar-refractivity contribution is 7.99.